The Morgan fingerprint density at radius 1 is 1.09 bits per heavy atom. The number of azo groups is 1. The third-order valence-electron chi connectivity index (χ3n) is 2.84. The van der Waals surface area contributed by atoms with Gasteiger partial charge in [-0.15, -0.1) is 0 Å². The van der Waals surface area contributed by atoms with Crippen molar-refractivity contribution in [1.82, 2.24) is 0 Å². The lowest BCUT2D eigenvalue weighted by Crippen LogP contribution is -2.08. The normalized spacial score (nSPS) is 11.8. The van der Waals surface area contributed by atoms with Crippen LogP contribution in [0.2, 0.25) is 0 Å². The second-order valence-electron chi connectivity index (χ2n) is 4.41. The van der Waals surface area contributed by atoms with Crippen LogP contribution in [0.1, 0.15) is 21.5 Å². The van der Waals surface area contributed by atoms with Crippen molar-refractivity contribution in [2.75, 3.05) is 0 Å². The molecule has 22 heavy (non-hydrogen) atoms. The molecule has 0 saturated heterocycles. The van der Waals surface area contributed by atoms with Gasteiger partial charge in [0.05, 0.1) is 23.4 Å². The van der Waals surface area contributed by atoms with Crippen LogP contribution in [0, 0.1) is 0 Å². The van der Waals surface area contributed by atoms with Gasteiger partial charge in [0, 0.05) is 0 Å². The first-order valence-corrected chi connectivity index (χ1v) is 6.24. The summed E-state index contributed by atoms with van der Waals surface area (Å²) >= 11 is 0. The lowest BCUT2D eigenvalue weighted by atomic mass is 10.1. The van der Waals surface area contributed by atoms with Crippen LogP contribution in [-0.2, 0) is 12.7 Å². The molecule has 0 heterocycles. The predicted molar refractivity (Wildman–Crippen MR) is 73.1 cm³/mol. The quantitative estimate of drug-likeness (QED) is 0.833. The number of nitrogens with zero attached hydrogens (tertiary/aromatic N) is 2. The summed E-state index contributed by atoms with van der Waals surface area (Å²) in [7, 11) is 0. The van der Waals surface area contributed by atoms with Crippen molar-refractivity contribution in [3.05, 3.63) is 65.2 Å². The van der Waals surface area contributed by atoms with Gasteiger partial charge in [0.2, 0.25) is 0 Å². The molecule has 2 aromatic rings. The minimum atomic E-state index is -4.45. The Bertz CT molecular complexity index is 712. The number of hydrogen-bond donors (Lipinski definition) is 1. The van der Waals surface area contributed by atoms with Gasteiger partial charge in [0.1, 0.15) is 0 Å². The molecule has 4 nitrogen and oxygen atoms in total. The van der Waals surface area contributed by atoms with E-state index in [0.29, 0.717) is 0 Å². The van der Waals surface area contributed by atoms with Gasteiger partial charge in [0.15, 0.2) is 0 Å². The summed E-state index contributed by atoms with van der Waals surface area (Å²) in [6, 6.07) is 10.8. The minimum Gasteiger partial charge on any atom is -0.478 e. The summed E-state index contributed by atoms with van der Waals surface area (Å²) < 4.78 is 38.4. The van der Waals surface area contributed by atoms with E-state index in [4.69, 9.17) is 5.11 Å². The van der Waals surface area contributed by atoms with E-state index in [1.807, 2.05) is 0 Å². The van der Waals surface area contributed by atoms with Crippen LogP contribution >= 0.6 is 0 Å². The number of carbonyl (C=O) groups is 1. The molecular weight excluding hydrogens is 297 g/mol. The molecule has 0 radical (unpaired) electrons. The summed E-state index contributed by atoms with van der Waals surface area (Å²) in [4.78, 5) is 10.8. The highest BCUT2D eigenvalue weighted by molar-refractivity contribution is 5.88. The van der Waals surface area contributed by atoms with Gasteiger partial charge in [0.25, 0.3) is 0 Å². The van der Waals surface area contributed by atoms with Crippen LogP contribution in [0.3, 0.4) is 0 Å². The predicted octanol–water partition coefficient (Wildman–Crippen LogP) is 4.69. The van der Waals surface area contributed by atoms with Crippen LogP contribution in [0.25, 0.3) is 0 Å². The molecule has 0 aliphatic heterocycles. The molecule has 7 heteroatoms. The third kappa shape index (κ3) is 3.91. The van der Waals surface area contributed by atoms with E-state index >= 15 is 0 Å². The van der Waals surface area contributed by atoms with Crippen LogP contribution < -0.4 is 0 Å². The highest BCUT2D eigenvalue weighted by Crippen LogP contribution is 2.32. The average molecular weight is 308 g/mol. The number of carboxylic acids is 1. The Kier molecular flexibility index (Phi) is 4.55. The second-order valence-corrected chi connectivity index (χ2v) is 4.41. The lowest BCUT2D eigenvalue weighted by molar-refractivity contribution is -0.138. The molecule has 0 amide bonds. The van der Waals surface area contributed by atoms with Crippen LogP contribution in [0.15, 0.2) is 58.8 Å². The Balaban J connectivity index is 2.17. The third-order valence-corrected chi connectivity index (χ3v) is 2.84. The summed E-state index contributed by atoms with van der Waals surface area (Å²) in [5.41, 5.74) is -0.446. The largest absolute Gasteiger partial charge is 0.478 e. The molecule has 0 atom stereocenters. The molecule has 0 bridgehead atoms. The smallest absolute Gasteiger partial charge is 0.416 e. The van der Waals surface area contributed by atoms with Crippen molar-refractivity contribution in [2.45, 2.75) is 12.7 Å². The van der Waals surface area contributed by atoms with Crippen LogP contribution in [0.5, 0.6) is 0 Å². The molecule has 2 aromatic carbocycles. The first kappa shape index (κ1) is 15.7. The monoisotopic (exact) mass is 308 g/mol. The second kappa shape index (κ2) is 6.38. The van der Waals surface area contributed by atoms with E-state index in [9.17, 15) is 18.0 Å². The molecule has 0 saturated carbocycles. The number of alkyl halides is 3. The van der Waals surface area contributed by atoms with Crippen molar-refractivity contribution in [1.29, 1.82) is 0 Å². The number of aromatic carboxylic acids is 1. The SMILES string of the molecule is O=C(O)c1cccc(N=NCc2ccccc2C(F)(F)F)c1. The minimum absolute atomic E-state index is 0.00754. The average Bonchev–Trinajstić information content (AvgIpc) is 2.47. The summed E-state index contributed by atoms with van der Waals surface area (Å²) in [5.74, 6) is -1.11. The van der Waals surface area contributed by atoms with Crippen molar-refractivity contribution < 1.29 is 23.1 Å². The maximum absolute atomic E-state index is 12.8. The van der Waals surface area contributed by atoms with Crippen molar-refractivity contribution in [3.8, 4) is 0 Å². The Morgan fingerprint density at radius 3 is 2.50 bits per heavy atom. The zero-order chi connectivity index (χ0) is 16.2. The van der Waals surface area contributed by atoms with Crippen molar-refractivity contribution >= 4 is 11.7 Å². The van der Waals surface area contributed by atoms with Gasteiger partial charge in [-0.25, -0.2) is 4.79 Å². The molecule has 0 aliphatic rings. The highest BCUT2D eigenvalue weighted by atomic mass is 19.4. The Labute approximate surface area is 123 Å². The fourth-order valence-electron chi connectivity index (χ4n) is 1.83. The van der Waals surface area contributed by atoms with E-state index in [0.717, 1.165) is 6.07 Å². The lowest BCUT2D eigenvalue weighted by Gasteiger charge is -2.10. The molecule has 0 aromatic heterocycles. The Hall–Kier alpha value is -2.70. The number of benzene rings is 2. The van der Waals surface area contributed by atoms with Crippen LogP contribution in [0.4, 0.5) is 18.9 Å². The molecule has 1 N–H and O–H groups in total. The summed E-state index contributed by atoms with van der Waals surface area (Å²) in [5, 5.41) is 16.3. The fraction of sp³-hybridized carbons (Fsp3) is 0.133. The van der Waals surface area contributed by atoms with E-state index in [1.54, 1.807) is 0 Å². The van der Waals surface area contributed by atoms with E-state index in [1.165, 1.54) is 42.5 Å². The summed E-state index contributed by atoms with van der Waals surface area (Å²) in [6.45, 7) is -0.243. The number of carboxylic acid groups (broad SMARTS) is 1. The van der Waals surface area contributed by atoms with Crippen molar-refractivity contribution in [2.24, 2.45) is 10.2 Å². The zero-order valence-corrected chi connectivity index (χ0v) is 11.2. The number of hydrogen-bond acceptors (Lipinski definition) is 3. The van der Waals surface area contributed by atoms with Crippen LogP contribution in [-0.4, -0.2) is 11.1 Å². The van der Waals surface area contributed by atoms with Crippen molar-refractivity contribution in [3.63, 3.8) is 0 Å². The van der Waals surface area contributed by atoms with Gasteiger partial charge in [-0.05, 0) is 29.8 Å². The highest BCUT2D eigenvalue weighted by Gasteiger charge is 2.32. The number of rotatable bonds is 4. The molecular formula is C15H11F3N2O2. The van der Waals surface area contributed by atoms with E-state index < -0.39 is 17.7 Å². The maximum Gasteiger partial charge on any atom is 0.416 e. The molecule has 0 aliphatic carbocycles. The van der Waals surface area contributed by atoms with Gasteiger partial charge in [-0.2, -0.15) is 23.4 Å². The summed E-state index contributed by atoms with van der Waals surface area (Å²) in [6.07, 6.45) is -4.45. The standard InChI is InChI=1S/C15H11F3N2O2/c16-15(17,18)13-7-2-1-4-11(13)9-19-20-12-6-3-5-10(8-12)14(21)22/h1-8H,9H2,(H,21,22). The zero-order valence-electron chi connectivity index (χ0n) is 11.2. The maximum atomic E-state index is 12.8. The number of halogens is 3. The molecule has 0 unspecified atom stereocenters. The van der Waals surface area contributed by atoms with E-state index in [2.05, 4.69) is 10.2 Å². The first-order valence-electron chi connectivity index (χ1n) is 6.24. The van der Waals surface area contributed by atoms with E-state index in [-0.39, 0.29) is 23.4 Å². The topological polar surface area (TPSA) is 62.0 Å². The first-order chi connectivity index (χ1) is 10.4. The van der Waals surface area contributed by atoms with Gasteiger partial charge < -0.3 is 5.11 Å². The van der Waals surface area contributed by atoms with Gasteiger partial charge >= 0.3 is 12.1 Å². The Morgan fingerprint density at radius 2 is 1.82 bits per heavy atom. The molecule has 114 valence electrons. The fourth-order valence-corrected chi connectivity index (χ4v) is 1.83. The molecule has 0 spiro atoms. The van der Waals surface area contributed by atoms with Gasteiger partial charge in [-0.3, -0.25) is 0 Å². The van der Waals surface area contributed by atoms with Gasteiger partial charge in [-0.1, -0.05) is 24.3 Å². The molecule has 2 rings (SSSR count). The molecule has 0 fully saturated rings.